The Morgan fingerprint density at radius 3 is 2.34 bits per heavy atom. The third-order valence-corrected chi connectivity index (χ3v) is 6.85. The van der Waals surface area contributed by atoms with E-state index in [0.717, 1.165) is 5.56 Å². The Balaban J connectivity index is 0.000000745. The van der Waals surface area contributed by atoms with Crippen LogP contribution in [0.2, 0.25) is 0 Å². The van der Waals surface area contributed by atoms with Gasteiger partial charge in [0.2, 0.25) is 5.91 Å². The van der Waals surface area contributed by atoms with Crippen LogP contribution < -0.4 is 22.3 Å². The Kier molecular flexibility index (Phi) is 10.9. The predicted octanol–water partition coefficient (Wildman–Crippen LogP) is 0.309. The first-order chi connectivity index (χ1) is 18.9. The van der Waals surface area contributed by atoms with Gasteiger partial charge in [-0.25, -0.2) is 9.59 Å². The lowest BCUT2D eigenvalue weighted by molar-refractivity contribution is -0.192. The van der Waals surface area contributed by atoms with Crippen molar-refractivity contribution in [3.63, 3.8) is 0 Å². The second-order valence-electron chi connectivity index (χ2n) is 8.61. The molecule has 15 nitrogen and oxygen atoms in total. The number of hydroxylamine groups is 1. The van der Waals surface area contributed by atoms with Gasteiger partial charge in [-0.15, -0.1) is 0 Å². The highest BCUT2D eigenvalue weighted by atomic mass is 32.2. The van der Waals surface area contributed by atoms with E-state index >= 15 is 0 Å². The molecule has 3 rings (SSSR count). The quantitative estimate of drug-likeness (QED) is 0.128. The summed E-state index contributed by atoms with van der Waals surface area (Å²) in [6.45, 7) is 2.43. The van der Waals surface area contributed by atoms with Gasteiger partial charge in [-0.1, -0.05) is 29.4 Å². The number of nitrogens with zero attached hydrogens (tertiary/aromatic N) is 1. The SMILES string of the molecule is Cc1noc(C)c1S(=O)(=O)OC(=O)[C@@H](N)CNC(=O)C[C@H]1C[C@@H](c2ccc(C(=N)N)cc2)NO1.O=C(O)C(F)(F)F. The molecule has 2 heterocycles. The average molecular weight is 609 g/mol. The number of carboxylic acids is 1. The molecule has 1 aromatic heterocycles. The van der Waals surface area contributed by atoms with Gasteiger partial charge in [0, 0.05) is 12.1 Å². The monoisotopic (exact) mass is 608 g/mol. The Morgan fingerprint density at radius 2 is 1.85 bits per heavy atom. The molecule has 1 fully saturated rings. The molecule has 1 saturated heterocycles. The van der Waals surface area contributed by atoms with Gasteiger partial charge in [-0.3, -0.25) is 15.0 Å². The summed E-state index contributed by atoms with van der Waals surface area (Å²) in [4.78, 5) is 38.4. The van der Waals surface area contributed by atoms with Crippen LogP contribution in [0.25, 0.3) is 0 Å². The first kappa shape index (κ1) is 33.1. The van der Waals surface area contributed by atoms with Crippen LogP contribution in [-0.4, -0.2) is 67.2 Å². The number of rotatable bonds is 9. The molecule has 0 bridgehead atoms. The maximum absolute atomic E-state index is 12.3. The fraction of sp³-hybridized carbons (Fsp3) is 0.409. The van der Waals surface area contributed by atoms with E-state index in [1.807, 2.05) is 12.1 Å². The number of halogens is 3. The van der Waals surface area contributed by atoms with E-state index in [1.165, 1.54) is 13.8 Å². The number of nitrogens with one attached hydrogen (secondary N) is 3. The zero-order valence-corrected chi connectivity index (χ0v) is 22.3. The normalized spacial score (nSPS) is 17.6. The highest BCUT2D eigenvalue weighted by Gasteiger charge is 2.38. The van der Waals surface area contributed by atoms with Crippen LogP contribution >= 0.6 is 0 Å². The summed E-state index contributed by atoms with van der Waals surface area (Å²) < 4.78 is 65.7. The number of carboxylic acid groups (broad SMARTS) is 1. The fourth-order valence-corrected chi connectivity index (χ4v) is 4.60. The molecule has 0 aliphatic carbocycles. The zero-order chi connectivity index (χ0) is 31.1. The zero-order valence-electron chi connectivity index (χ0n) is 21.5. The highest BCUT2D eigenvalue weighted by molar-refractivity contribution is 7.87. The molecule has 19 heteroatoms. The summed E-state index contributed by atoms with van der Waals surface area (Å²) in [5, 5.41) is 20.5. The van der Waals surface area contributed by atoms with Gasteiger partial charge in [0.15, 0.2) is 10.7 Å². The van der Waals surface area contributed by atoms with Crippen molar-refractivity contribution in [3.05, 3.63) is 46.8 Å². The molecule has 8 N–H and O–H groups in total. The van der Waals surface area contributed by atoms with Gasteiger partial charge in [0.05, 0.1) is 18.6 Å². The smallest absolute Gasteiger partial charge is 0.475 e. The van der Waals surface area contributed by atoms with Gasteiger partial charge >= 0.3 is 28.2 Å². The number of amidine groups is 1. The first-order valence-electron chi connectivity index (χ1n) is 11.5. The second-order valence-corrected chi connectivity index (χ2v) is 10.1. The van der Waals surface area contributed by atoms with Crippen molar-refractivity contribution in [1.82, 2.24) is 16.0 Å². The third kappa shape index (κ3) is 9.52. The number of carbonyl (C=O) groups is 3. The summed E-state index contributed by atoms with van der Waals surface area (Å²) in [5.41, 5.74) is 15.6. The molecule has 3 atom stereocenters. The number of aliphatic carboxylic acids is 1. The lowest BCUT2D eigenvalue weighted by atomic mass is 9.99. The van der Waals surface area contributed by atoms with E-state index < -0.39 is 46.3 Å². The van der Waals surface area contributed by atoms with Crippen molar-refractivity contribution in [2.24, 2.45) is 11.5 Å². The fourth-order valence-electron chi connectivity index (χ4n) is 3.39. The number of alkyl halides is 3. The van der Waals surface area contributed by atoms with E-state index in [0.29, 0.717) is 12.0 Å². The van der Waals surface area contributed by atoms with Crippen LogP contribution in [-0.2, 0) is 33.5 Å². The molecule has 1 aliphatic rings. The number of nitrogen functional groups attached to an aromatic ring is 1. The van der Waals surface area contributed by atoms with Gasteiger partial charge in [-0.05, 0) is 25.8 Å². The number of aromatic nitrogens is 1. The van der Waals surface area contributed by atoms with E-state index in [2.05, 4.69) is 20.1 Å². The lowest BCUT2D eigenvalue weighted by Gasteiger charge is -2.13. The first-order valence-corrected chi connectivity index (χ1v) is 12.9. The van der Waals surface area contributed by atoms with Crippen LogP contribution in [0.5, 0.6) is 0 Å². The van der Waals surface area contributed by atoms with Crippen molar-refractivity contribution in [1.29, 1.82) is 5.41 Å². The average Bonchev–Trinajstić information content (AvgIpc) is 3.48. The number of carbonyl (C=O) groups excluding carboxylic acids is 2. The Bertz CT molecular complexity index is 1360. The minimum atomic E-state index is -5.08. The van der Waals surface area contributed by atoms with Crippen molar-refractivity contribution in [2.75, 3.05) is 6.54 Å². The van der Waals surface area contributed by atoms with Crippen LogP contribution in [0.15, 0.2) is 33.7 Å². The maximum Gasteiger partial charge on any atom is 0.490 e. The molecule has 2 aromatic rings. The predicted molar refractivity (Wildman–Crippen MR) is 131 cm³/mol. The Labute approximate surface area is 230 Å². The van der Waals surface area contributed by atoms with Crippen molar-refractivity contribution in [3.8, 4) is 0 Å². The number of amides is 1. The number of benzene rings is 1. The number of hydrogen-bond donors (Lipinski definition) is 6. The van der Waals surface area contributed by atoms with E-state index in [1.54, 1.807) is 12.1 Å². The van der Waals surface area contributed by atoms with Gasteiger partial charge in [0.1, 0.15) is 17.6 Å². The molecule has 1 aromatic carbocycles. The van der Waals surface area contributed by atoms with Crippen molar-refractivity contribution in [2.45, 2.75) is 55.9 Å². The minimum Gasteiger partial charge on any atom is -0.475 e. The van der Waals surface area contributed by atoms with E-state index in [9.17, 15) is 31.2 Å². The standard InChI is InChI=1S/C20H26N6O7S.C2HF3O2/c1-10-18(11(2)31-25-10)34(29,30)33-20(28)15(21)9-24-17(27)8-14-7-16(26-32-14)12-3-5-13(6-4-12)19(22)23;3-2(4,5)1(6)7/h3-6,14-16,26H,7-9,21H2,1-2H3,(H3,22,23)(H,24,27);(H,6,7)/t14-,15+,16+;/m1./s1. The number of aryl methyl sites for hydroxylation is 2. The molecular formula is C22H27F3N6O9S. The molecule has 1 amide bonds. The molecule has 41 heavy (non-hydrogen) atoms. The summed E-state index contributed by atoms with van der Waals surface area (Å²) in [7, 11) is -4.47. The molecular weight excluding hydrogens is 581 g/mol. The largest absolute Gasteiger partial charge is 0.490 e. The second kappa shape index (κ2) is 13.5. The summed E-state index contributed by atoms with van der Waals surface area (Å²) in [5.74, 6) is -4.47. The van der Waals surface area contributed by atoms with Gasteiger partial charge < -0.3 is 30.6 Å². The summed E-state index contributed by atoms with van der Waals surface area (Å²) in [6.07, 6.45) is -5.01. The maximum atomic E-state index is 12.3. The van der Waals surface area contributed by atoms with Crippen molar-refractivity contribution < 1.29 is 54.6 Å². The molecule has 1 aliphatic heterocycles. The van der Waals surface area contributed by atoms with E-state index in [4.69, 9.17) is 36.1 Å². The third-order valence-electron chi connectivity index (χ3n) is 5.39. The summed E-state index contributed by atoms with van der Waals surface area (Å²) in [6, 6.07) is 5.54. The molecule has 0 saturated carbocycles. The molecule has 0 spiro atoms. The van der Waals surface area contributed by atoms with Crippen molar-refractivity contribution >= 4 is 33.8 Å². The minimum absolute atomic E-state index is 0.00578. The van der Waals surface area contributed by atoms with Crippen LogP contribution in [0.1, 0.15) is 41.5 Å². The van der Waals surface area contributed by atoms with Crippen LogP contribution in [0, 0.1) is 19.3 Å². The highest BCUT2D eigenvalue weighted by Crippen LogP contribution is 2.27. The Morgan fingerprint density at radius 1 is 1.27 bits per heavy atom. The number of nitrogens with two attached hydrogens (primary N) is 2. The topological polar surface area (TPSA) is 250 Å². The molecule has 0 unspecified atom stereocenters. The van der Waals surface area contributed by atoms with Gasteiger partial charge in [0.25, 0.3) is 0 Å². The summed E-state index contributed by atoms with van der Waals surface area (Å²) >= 11 is 0. The number of hydrogen-bond acceptors (Lipinski definition) is 12. The molecule has 226 valence electrons. The Hall–Kier alpha value is -4.07. The lowest BCUT2D eigenvalue weighted by Crippen LogP contribution is -2.44. The van der Waals surface area contributed by atoms with E-state index in [-0.39, 0.29) is 41.2 Å². The van der Waals surface area contributed by atoms with Gasteiger partial charge in [-0.2, -0.15) is 27.1 Å². The van der Waals surface area contributed by atoms with Crippen LogP contribution in [0.4, 0.5) is 13.2 Å². The van der Waals surface area contributed by atoms with Crippen LogP contribution in [0.3, 0.4) is 0 Å². The molecule has 0 radical (unpaired) electrons.